The summed E-state index contributed by atoms with van der Waals surface area (Å²) in [5, 5.41) is 31.9. The van der Waals surface area contributed by atoms with Crippen LogP contribution in [0.2, 0.25) is 0 Å². The van der Waals surface area contributed by atoms with E-state index in [1.54, 1.807) is 24.3 Å². The molecule has 3 atom stereocenters. The number of allylic oxidation sites excluding steroid dienone is 1. The van der Waals surface area contributed by atoms with Crippen LogP contribution in [0.15, 0.2) is 72.0 Å². The third-order valence-corrected chi connectivity index (χ3v) is 4.35. The quantitative estimate of drug-likeness (QED) is 0.268. The lowest BCUT2D eigenvalue weighted by atomic mass is 9.81. The summed E-state index contributed by atoms with van der Waals surface area (Å²) < 4.78 is 5.24. The number of benzene rings is 2. The predicted octanol–water partition coefficient (Wildman–Crippen LogP) is 1.67. The molecule has 7 heteroatoms. The Kier molecular flexibility index (Phi) is 7.17. The van der Waals surface area contributed by atoms with E-state index < -0.39 is 35.3 Å². The minimum atomic E-state index is -2.97. The highest BCUT2D eigenvalue weighted by Crippen LogP contribution is 2.29. The number of hydrogen-bond donors (Lipinski definition) is 3. The van der Waals surface area contributed by atoms with Crippen LogP contribution in [0, 0.1) is 0 Å². The van der Waals surface area contributed by atoms with Crippen molar-refractivity contribution < 1.29 is 34.4 Å². The van der Waals surface area contributed by atoms with Crippen LogP contribution in [0.25, 0.3) is 0 Å². The Balaban J connectivity index is 2.46. The molecule has 7 nitrogen and oxygen atoms in total. The van der Waals surface area contributed by atoms with E-state index in [-0.39, 0.29) is 23.0 Å². The van der Waals surface area contributed by atoms with Gasteiger partial charge in [-0.25, -0.2) is 4.79 Å². The molecule has 2 aromatic rings. The zero-order chi connectivity index (χ0) is 21.6. The minimum absolute atomic E-state index is 0.0440. The maximum absolute atomic E-state index is 12.9. The molecule has 2 rings (SSSR count). The molecule has 0 aliphatic carbocycles. The van der Waals surface area contributed by atoms with Gasteiger partial charge in [-0.05, 0) is 31.6 Å². The standard InChI is InChI=1S/C22H22O7/c1-14(2)18(29-21(27)16-11-7-4-8-12-16)20(26)22(28,17(24)13-23)19(25)15-9-5-3-6-10-15/h3-13,17,20,24,26,28H,1-2H3. The van der Waals surface area contributed by atoms with Crippen LogP contribution in [0.5, 0.6) is 0 Å². The van der Waals surface area contributed by atoms with Crippen molar-refractivity contribution in [2.24, 2.45) is 0 Å². The van der Waals surface area contributed by atoms with Crippen molar-refractivity contribution in [2.75, 3.05) is 0 Å². The van der Waals surface area contributed by atoms with Crippen LogP contribution in [0.4, 0.5) is 0 Å². The number of aldehydes is 1. The molecule has 2 aromatic carbocycles. The Hall–Kier alpha value is -3.13. The van der Waals surface area contributed by atoms with Gasteiger partial charge in [-0.2, -0.15) is 0 Å². The molecule has 0 aromatic heterocycles. The number of Topliss-reactive ketones (excluding diaryl/α,β-unsaturated/α-hetero) is 1. The Bertz CT molecular complexity index is 901. The molecule has 0 heterocycles. The summed E-state index contributed by atoms with van der Waals surface area (Å²) in [6, 6.07) is 15.3. The van der Waals surface area contributed by atoms with Gasteiger partial charge < -0.3 is 24.9 Å². The van der Waals surface area contributed by atoms with Gasteiger partial charge in [-0.15, -0.1) is 0 Å². The molecule has 0 fully saturated rings. The molecule has 29 heavy (non-hydrogen) atoms. The van der Waals surface area contributed by atoms with E-state index in [1.165, 1.54) is 50.2 Å². The number of carbonyl (C=O) groups excluding carboxylic acids is 3. The summed E-state index contributed by atoms with van der Waals surface area (Å²) in [5.41, 5.74) is -2.57. The number of rotatable bonds is 8. The van der Waals surface area contributed by atoms with Crippen LogP contribution >= 0.6 is 0 Å². The van der Waals surface area contributed by atoms with Crippen LogP contribution in [0.3, 0.4) is 0 Å². The number of ketones is 1. The molecular formula is C22H22O7. The van der Waals surface area contributed by atoms with Gasteiger partial charge in [0, 0.05) is 5.56 Å². The number of hydrogen-bond acceptors (Lipinski definition) is 7. The van der Waals surface area contributed by atoms with Gasteiger partial charge in [-0.1, -0.05) is 48.5 Å². The zero-order valence-electron chi connectivity index (χ0n) is 16.0. The molecule has 0 aliphatic rings. The first-order chi connectivity index (χ1) is 13.7. The molecule has 3 unspecified atom stereocenters. The second kappa shape index (κ2) is 9.38. The van der Waals surface area contributed by atoms with E-state index in [4.69, 9.17) is 4.74 Å². The first kappa shape index (κ1) is 22.2. The average Bonchev–Trinajstić information content (AvgIpc) is 2.76. The van der Waals surface area contributed by atoms with Crippen molar-refractivity contribution in [2.45, 2.75) is 31.7 Å². The molecule has 0 aliphatic heterocycles. The van der Waals surface area contributed by atoms with E-state index in [0.717, 1.165) is 0 Å². The highest BCUT2D eigenvalue weighted by atomic mass is 16.6. The van der Waals surface area contributed by atoms with Crippen molar-refractivity contribution in [3.8, 4) is 0 Å². The molecular weight excluding hydrogens is 376 g/mol. The third-order valence-electron chi connectivity index (χ3n) is 4.35. The van der Waals surface area contributed by atoms with Crippen molar-refractivity contribution in [3.05, 3.63) is 83.1 Å². The first-order valence-corrected chi connectivity index (χ1v) is 8.81. The normalized spacial score (nSPS) is 14.8. The Labute approximate surface area is 167 Å². The number of esters is 1. The first-order valence-electron chi connectivity index (χ1n) is 8.81. The average molecular weight is 398 g/mol. The van der Waals surface area contributed by atoms with Gasteiger partial charge in [0.25, 0.3) is 0 Å². The van der Waals surface area contributed by atoms with Crippen molar-refractivity contribution in [1.82, 2.24) is 0 Å². The van der Waals surface area contributed by atoms with Gasteiger partial charge in [0.05, 0.1) is 5.56 Å². The third kappa shape index (κ3) is 4.65. The van der Waals surface area contributed by atoms with Gasteiger partial charge in [0.15, 0.2) is 18.0 Å². The van der Waals surface area contributed by atoms with Gasteiger partial charge in [0.2, 0.25) is 5.78 Å². The van der Waals surface area contributed by atoms with Crippen LogP contribution in [-0.2, 0) is 9.53 Å². The smallest absolute Gasteiger partial charge is 0.343 e. The van der Waals surface area contributed by atoms with Gasteiger partial charge >= 0.3 is 5.97 Å². The van der Waals surface area contributed by atoms with E-state index in [2.05, 4.69) is 0 Å². The number of aliphatic hydroxyl groups excluding tert-OH is 2. The lowest BCUT2D eigenvalue weighted by molar-refractivity contribution is -0.139. The lowest BCUT2D eigenvalue weighted by Crippen LogP contribution is -2.59. The molecule has 0 amide bonds. The second-order valence-corrected chi connectivity index (χ2v) is 6.62. The predicted molar refractivity (Wildman–Crippen MR) is 104 cm³/mol. The summed E-state index contributed by atoms with van der Waals surface area (Å²) in [4.78, 5) is 36.5. The van der Waals surface area contributed by atoms with Crippen molar-refractivity contribution in [3.63, 3.8) is 0 Å². The lowest BCUT2D eigenvalue weighted by Gasteiger charge is -2.34. The maximum atomic E-state index is 12.9. The number of ether oxygens (including phenoxy) is 1. The SMILES string of the molecule is CC(C)=C(OC(=O)c1ccccc1)C(O)C(O)(C(=O)c1ccccc1)C(O)C=O. The van der Waals surface area contributed by atoms with Crippen LogP contribution < -0.4 is 0 Å². The molecule has 0 bridgehead atoms. The molecule has 0 saturated carbocycles. The largest absolute Gasteiger partial charge is 0.425 e. The van der Waals surface area contributed by atoms with Gasteiger partial charge in [0.1, 0.15) is 11.9 Å². The van der Waals surface area contributed by atoms with E-state index in [1.807, 2.05) is 0 Å². The number of aliphatic hydroxyl groups is 3. The summed E-state index contributed by atoms with van der Waals surface area (Å²) in [6.45, 7) is 2.97. The van der Waals surface area contributed by atoms with E-state index in [0.29, 0.717) is 0 Å². The molecule has 0 spiro atoms. The Morgan fingerprint density at radius 3 is 1.86 bits per heavy atom. The minimum Gasteiger partial charge on any atom is -0.425 e. The fourth-order valence-corrected chi connectivity index (χ4v) is 2.71. The molecule has 152 valence electrons. The highest BCUT2D eigenvalue weighted by molar-refractivity contribution is 6.05. The van der Waals surface area contributed by atoms with Crippen LogP contribution in [-0.4, -0.2) is 51.2 Å². The zero-order valence-corrected chi connectivity index (χ0v) is 16.0. The Morgan fingerprint density at radius 1 is 0.931 bits per heavy atom. The van der Waals surface area contributed by atoms with E-state index in [9.17, 15) is 29.7 Å². The van der Waals surface area contributed by atoms with E-state index >= 15 is 0 Å². The summed E-state index contributed by atoms with van der Waals surface area (Å²) in [6.07, 6.45) is -4.52. The second-order valence-electron chi connectivity index (χ2n) is 6.62. The Morgan fingerprint density at radius 2 is 1.41 bits per heavy atom. The van der Waals surface area contributed by atoms with Crippen molar-refractivity contribution >= 4 is 18.0 Å². The van der Waals surface area contributed by atoms with Crippen LogP contribution in [0.1, 0.15) is 34.6 Å². The molecule has 0 radical (unpaired) electrons. The summed E-state index contributed by atoms with van der Waals surface area (Å²) in [7, 11) is 0. The molecule has 3 N–H and O–H groups in total. The molecule has 0 saturated heterocycles. The monoisotopic (exact) mass is 398 g/mol. The van der Waals surface area contributed by atoms with Crippen molar-refractivity contribution in [1.29, 1.82) is 0 Å². The highest BCUT2D eigenvalue weighted by Gasteiger charge is 2.52. The van der Waals surface area contributed by atoms with Gasteiger partial charge in [-0.3, -0.25) is 4.79 Å². The summed E-state index contributed by atoms with van der Waals surface area (Å²) in [5.74, 6) is -2.37. The summed E-state index contributed by atoms with van der Waals surface area (Å²) >= 11 is 0. The number of carbonyl (C=O) groups is 3. The maximum Gasteiger partial charge on any atom is 0.343 e. The topological polar surface area (TPSA) is 121 Å². The fourth-order valence-electron chi connectivity index (χ4n) is 2.71. The fraction of sp³-hybridized carbons (Fsp3) is 0.227.